The highest BCUT2D eigenvalue weighted by Crippen LogP contribution is 2.27. The van der Waals surface area contributed by atoms with E-state index in [2.05, 4.69) is 24.3 Å². The molecule has 0 aliphatic carbocycles. The third-order valence-electron chi connectivity index (χ3n) is 4.95. The Labute approximate surface area is 126 Å². The van der Waals surface area contributed by atoms with Crippen molar-refractivity contribution in [3.8, 4) is 0 Å². The molecular formula is C15H27N3O3. The van der Waals surface area contributed by atoms with Gasteiger partial charge in [0.1, 0.15) is 0 Å². The van der Waals surface area contributed by atoms with Crippen LogP contribution in [0.3, 0.4) is 0 Å². The molecule has 6 heteroatoms. The third kappa shape index (κ3) is 3.21. The summed E-state index contributed by atoms with van der Waals surface area (Å²) in [6.07, 6.45) is 1.27. The summed E-state index contributed by atoms with van der Waals surface area (Å²) in [4.78, 5) is 28.2. The van der Waals surface area contributed by atoms with Crippen LogP contribution in [0.15, 0.2) is 0 Å². The molecule has 0 saturated carbocycles. The first kappa shape index (κ1) is 16.2. The van der Waals surface area contributed by atoms with Gasteiger partial charge in [0, 0.05) is 19.1 Å². The van der Waals surface area contributed by atoms with Gasteiger partial charge in [-0.15, -0.1) is 0 Å². The lowest BCUT2D eigenvalue weighted by Crippen LogP contribution is -2.66. The highest BCUT2D eigenvalue weighted by molar-refractivity contribution is 5.90. The molecule has 2 saturated heterocycles. The number of likely N-dealkylation sites (tertiary alicyclic amines) is 1. The Morgan fingerprint density at radius 2 is 1.90 bits per heavy atom. The third-order valence-corrected chi connectivity index (χ3v) is 4.95. The fraction of sp³-hybridized carbons (Fsp3) is 0.867. The van der Waals surface area contributed by atoms with Gasteiger partial charge in [-0.3, -0.25) is 9.59 Å². The molecule has 0 unspecified atom stereocenters. The second-order valence-electron chi connectivity index (χ2n) is 6.61. The summed E-state index contributed by atoms with van der Waals surface area (Å²) < 4.78 is 0. The van der Waals surface area contributed by atoms with E-state index in [1.54, 1.807) is 6.92 Å². The number of carbonyl (C=O) groups excluding carboxylic acids is 2. The van der Waals surface area contributed by atoms with Gasteiger partial charge in [0.2, 0.25) is 11.8 Å². The van der Waals surface area contributed by atoms with Crippen molar-refractivity contribution in [3.05, 3.63) is 0 Å². The first-order valence-corrected chi connectivity index (χ1v) is 7.76. The molecule has 4 atom stereocenters. The number of nitrogens with one attached hydrogen (secondary N) is 1. The van der Waals surface area contributed by atoms with Crippen molar-refractivity contribution >= 4 is 11.8 Å². The van der Waals surface area contributed by atoms with Crippen LogP contribution in [0.4, 0.5) is 0 Å². The summed E-state index contributed by atoms with van der Waals surface area (Å²) in [5.41, 5.74) is 0. The second-order valence-corrected chi connectivity index (χ2v) is 6.61. The summed E-state index contributed by atoms with van der Waals surface area (Å²) in [6, 6.07) is 0.301. The zero-order chi connectivity index (χ0) is 15.7. The largest absolute Gasteiger partial charge is 0.393 e. The minimum Gasteiger partial charge on any atom is -0.393 e. The van der Waals surface area contributed by atoms with Gasteiger partial charge in [-0.2, -0.15) is 0 Å². The van der Waals surface area contributed by atoms with Gasteiger partial charge in [0.05, 0.1) is 24.0 Å². The fourth-order valence-electron chi connectivity index (χ4n) is 3.42. The first-order valence-electron chi connectivity index (χ1n) is 7.76. The molecule has 0 aromatic heterocycles. The van der Waals surface area contributed by atoms with Crippen molar-refractivity contribution in [2.24, 2.45) is 11.8 Å². The number of aliphatic hydroxyl groups excluding tert-OH is 1. The molecule has 120 valence electrons. The van der Waals surface area contributed by atoms with Crippen molar-refractivity contribution < 1.29 is 14.7 Å². The maximum Gasteiger partial charge on any atom is 0.228 e. The highest BCUT2D eigenvalue weighted by atomic mass is 16.3. The first-order chi connectivity index (χ1) is 9.82. The smallest absolute Gasteiger partial charge is 0.228 e. The van der Waals surface area contributed by atoms with Gasteiger partial charge >= 0.3 is 0 Å². The number of carbonyl (C=O) groups is 2. The summed E-state index contributed by atoms with van der Waals surface area (Å²) in [5.74, 6) is -0.801. The topological polar surface area (TPSA) is 72.9 Å². The molecule has 2 heterocycles. The van der Waals surface area contributed by atoms with E-state index in [9.17, 15) is 14.7 Å². The standard InChI is InChI=1S/C15H27N3O3/c1-9(13-12(10(2)19)14(20)16-13)15(21)18-7-5-11(6-8-18)17(3)4/h9-13,19H,5-8H2,1-4H3,(H,16,20)/t9-,10-,12-,13-/m1/s1. The number of aliphatic hydroxyl groups is 1. The number of rotatable bonds is 4. The molecule has 2 N–H and O–H groups in total. The Balaban J connectivity index is 1.90. The van der Waals surface area contributed by atoms with Crippen LogP contribution in [-0.4, -0.2) is 72.1 Å². The van der Waals surface area contributed by atoms with Gasteiger partial charge in [-0.25, -0.2) is 0 Å². The molecule has 2 aliphatic rings. The molecule has 2 amide bonds. The number of β-lactam (4-membered cyclic amide) rings is 1. The predicted molar refractivity (Wildman–Crippen MR) is 79.6 cm³/mol. The van der Waals surface area contributed by atoms with Crippen molar-refractivity contribution in [3.63, 3.8) is 0 Å². The van der Waals surface area contributed by atoms with Gasteiger partial charge in [0.25, 0.3) is 0 Å². The minimum atomic E-state index is -0.710. The lowest BCUT2D eigenvalue weighted by atomic mass is 9.78. The van der Waals surface area contributed by atoms with E-state index in [0.717, 1.165) is 25.9 Å². The molecule has 0 bridgehead atoms. The Bertz CT molecular complexity index is 403. The van der Waals surface area contributed by atoms with E-state index >= 15 is 0 Å². The Morgan fingerprint density at radius 3 is 2.33 bits per heavy atom. The zero-order valence-electron chi connectivity index (χ0n) is 13.4. The SMILES string of the molecule is C[C@@H](O)[C@H]1C(=O)N[C@@H]1[C@@H](C)C(=O)N1CCC(N(C)C)CC1. The van der Waals surface area contributed by atoms with Crippen LogP contribution in [0.2, 0.25) is 0 Å². The second kappa shape index (κ2) is 6.32. The number of amides is 2. The molecule has 0 aromatic rings. The van der Waals surface area contributed by atoms with Crippen LogP contribution in [0, 0.1) is 11.8 Å². The maximum absolute atomic E-state index is 12.6. The van der Waals surface area contributed by atoms with Crippen molar-refractivity contribution in [2.75, 3.05) is 27.2 Å². The fourth-order valence-corrected chi connectivity index (χ4v) is 3.42. The maximum atomic E-state index is 12.6. The minimum absolute atomic E-state index is 0.0860. The molecule has 0 spiro atoms. The molecule has 2 fully saturated rings. The molecule has 0 aromatic carbocycles. The van der Waals surface area contributed by atoms with Gasteiger partial charge in [-0.05, 0) is 33.9 Å². The molecule has 6 nitrogen and oxygen atoms in total. The number of piperidine rings is 1. The molecular weight excluding hydrogens is 270 g/mol. The van der Waals surface area contributed by atoms with Crippen LogP contribution in [0.5, 0.6) is 0 Å². The van der Waals surface area contributed by atoms with Crippen molar-refractivity contribution in [1.82, 2.24) is 15.1 Å². The highest BCUT2D eigenvalue weighted by Gasteiger charge is 2.47. The molecule has 2 aliphatic heterocycles. The van der Waals surface area contributed by atoms with Crippen LogP contribution < -0.4 is 5.32 Å². The van der Waals surface area contributed by atoms with Crippen LogP contribution in [-0.2, 0) is 9.59 Å². The van der Waals surface area contributed by atoms with Gasteiger partial charge in [-0.1, -0.05) is 6.92 Å². The van der Waals surface area contributed by atoms with E-state index in [1.165, 1.54) is 0 Å². The molecule has 21 heavy (non-hydrogen) atoms. The average molecular weight is 297 g/mol. The van der Waals surface area contributed by atoms with E-state index < -0.39 is 12.0 Å². The lowest BCUT2D eigenvalue weighted by molar-refractivity contribution is -0.149. The van der Waals surface area contributed by atoms with Crippen LogP contribution in [0.25, 0.3) is 0 Å². The summed E-state index contributed by atoms with van der Waals surface area (Å²) in [6.45, 7) is 4.99. The van der Waals surface area contributed by atoms with Crippen molar-refractivity contribution in [2.45, 2.75) is 44.9 Å². The van der Waals surface area contributed by atoms with E-state index in [-0.39, 0.29) is 23.8 Å². The lowest BCUT2D eigenvalue weighted by Gasteiger charge is -2.43. The monoisotopic (exact) mass is 297 g/mol. The van der Waals surface area contributed by atoms with Crippen LogP contribution in [0.1, 0.15) is 26.7 Å². The zero-order valence-corrected chi connectivity index (χ0v) is 13.4. The van der Waals surface area contributed by atoms with Crippen molar-refractivity contribution in [1.29, 1.82) is 0 Å². The molecule has 2 rings (SSSR count). The van der Waals surface area contributed by atoms with E-state index in [1.807, 2.05) is 11.8 Å². The Morgan fingerprint density at radius 1 is 1.33 bits per heavy atom. The average Bonchev–Trinajstić information content (AvgIpc) is 2.42. The number of nitrogens with zero attached hydrogens (tertiary/aromatic N) is 2. The van der Waals surface area contributed by atoms with Gasteiger partial charge in [0.15, 0.2) is 0 Å². The summed E-state index contributed by atoms with van der Waals surface area (Å²) in [5, 5.41) is 12.4. The Kier molecular flexibility index (Phi) is 4.88. The van der Waals surface area contributed by atoms with E-state index in [0.29, 0.717) is 6.04 Å². The number of hydrogen-bond acceptors (Lipinski definition) is 4. The van der Waals surface area contributed by atoms with Gasteiger partial charge < -0.3 is 20.2 Å². The number of hydrogen-bond donors (Lipinski definition) is 2. The predicted octanol–water partition coefficient (Wildman–Crippen LogP) is -0.329. The summed E-state index contributed by atoms with van der Waals surface area (Å²) in [7, 11) is 4.14. The normalized spacial score (nSPS) is 29.8. The Hall–Kier alpha value is -1.14. The summed E-state index contributed by atoms with van der Waals surface area (Å²) >= 11 is 0. The van der Waals surface area contributed by atoms with E-state index in [4.69, 9.17) is 0 Å². The quantitative estimate of drug-likeness (QED) is 0.697. The molecule has 0 radical (unpaired) electrons. The van der Waals surface area contributed by atoms with Crippen LogP contribution >= 0.6 is 0 Å².